The van der Waals surface area contributed by atoms with Gasteiger partial charge in [-0.1, -0.05) is 5.16 Å². The van der Waals surface area contributed by atoms with Crippen LogP contribution in [0.5, 0.6) is 0 Å². The van der Waals surface area contributed by atoms with Crippen molar-refractivity contribution in [2.45, 2.75) is 19.8 Å². The molecule has 0 bridgehead atoms. The van der Waals surface area contributed by atoms with E-state index in [9.17, 15) is 4.79 Å². The van der Waals surface area contributed by atoms with Crippen LogP contribution in [0.4, 0.5) is 0 Å². The van der Waals surface area contributed by atoms with Crippen LogP contribution in [-0.2, 0) is 6.42 Å². The van der Waals surface area contributed by atoms with Crippen molar-refractivity contribution in [1.29, 1.82) is 0 Å². The van der Waals surface area contributed by atoms with Crippen molar-refractivity contribution in [3.63, 3.8) is 0 Å². The van der Waals surface area contributed by atoms with Crippen LogP contribution in [0, 0.1) is 5.92 Å². The van der Waals surface area contributed by atoms with Gasteiger partial charge in [-0.15, -0.1) is 0 Å². The third kappa shape index (κ3) is 2.15. The fourth-order valence-corrected chi connectivity index (χ4v) is 2.76. The van der Waals surface area contributed by atoms with Crippen LogP contribution in [0.1, 0.15) is 29.9 Å². The summed E-state index contributed by atoms with van der Waals surface area (Å²) >= 11 is 1.96. The first kappa shape index (κ1) is 9.71. The molecular formula is C9H12N2O2S. The first-order valence-electron chi connectivity index (χ1n) is 4.67. The summed E-state index contributed by atoms with van der Waals surface area (Å²) in [6.07, 6.45) is 2.02. The maximum atomic E-state index is 10.9. The molecule has 14 heavy (non-hydrogen) atoms. The Bertz CT molecular complexity index is 331. The molecule has 2 heterocycles. The highest BCUT2D eigenvalue weighted by Gasteiger charge is 2.19. The Balaban J connectivity index is 1.98. The van der Waals surface area contributed by atoms with Gasteiger partial charge in [-0.05, 0) is 23.8 Å². The number of carbonyl (C=O) groups is 1. The van der Waals surface area contributed by atoms with Crippen LogP contribution in [0.15, 0.2) is 4.52 Å². The maximum absolute atomic E-state index is 10.9. The molecule has 1 aromatic rings. The van der Waals surface area contributed by atoms with E-state index in [0.717, 1.165) is 12.2 Å². The predicted octanol–water partition coefficient (Wildman–Crippen LogP) is 1.57. The summed E-state index contributed by atoms with van der Waals surface area (Å²) in [5, 5.41) is 3.62. The van der Waals surface area contributed by atoms with E-state index in [-0.39, 0.29) is 11.6 Å². The van der Waals surface area contributed by atoms with Crippen molar-refractivity contribution in [3.05, 3.63) is 11.7 Å². The Morgan fingerprint density at radius 2 is 2.57 bits per heavy atom. The Hall–Kier alpha value is -0.840. The zero-order chi connectivity index (χ0) is 9.97. The highest BCUT2D eigenvalue weighted by Crippen LogP contribution is 2.25. The minimum absolute atomic E-state index is 0.138. The number of rotatable bonds is 3. The summed E-state index contributed by atoms with van der Waals surface area (Å²) in [7, 11) is 0. The van der Waals surface area contributed by atoms with Crippen LogP contribution in [0.3, 0.4) is 0 Å². The minimum atomic E-state index is -0.138. The lowest BCUT2D eigenvalue weighted by Gasteiger charge is -2.01. The van der Waals surface area contributed by atoms with E-state index in [1.54, 1.807) is 0 Å². The Morgan fingerprint density at radius 1 is 1.71 bits per heavy atom. The molecular weight excluding hydrogens is 200 g/mol. The van der Waals surface area contributed by atoms with E-state index in [0.29, 0.717) is 11.8 Å². The summed E-state index contributed by atoms with van der Waals surface area (Å²) in [6.45, 7) is 1.44. The van der Waals surface area contributed by atoms with Crippen LogP contribution < -0.4 is 0 Å². The van der Waals surface area contributed by atoms with Gasteiger partial charge in [0.15, 0.2) is 0 Å². The van der Waals surface area contributed by atoms with Crippen molar-refractivity contribution < 1.29 is 9.32 Å². The number of Topliss-reactive ketones (excluding diaryl/α,β-unsaturated/α-hetero) is 1. The van der Waals surface area contributed by atoms with Gasteiger partial charge in [0, 0.05) is 13.3 Å². The van der Waals surface area contributed by atoms with Crippen molar-refractivity contribution >= 4 is 17.5 Å². The predicted molar refractivity (Wildman–Crippen MR) is 53.4 cm³/mol. The molecule has 0 radical (unpaired) electrons. The molecule has 1 fully saturated rings. The summed E-state index contributed by atoms with van der Waals surface area (Å²) in [5.41, 5.74) is 0. The largest absolute Gasteiger partial charge is 0.339 e. The highest BCUT2D eigenvalue weighted by molar-refractivity contribution is 7.99. The second-order valence-electron chi connectivity index (χ2n) is 3.50. The molecule has 0 N–H and O–H groups in total. The molecule has 0 spiro atoms. The topological polar surface area (TPSA) is 56.0 Å². The number of carbonyl (C=O) groups excluding carboxylic acids is 1. The minimum Gasteiger partial charge on any atom is -0.339 e. The van der Waals surface area contributed by atoms with Crippen molar-refractivity contribution in [2.75, 3.05) is 11.5 Å². The fraction of sp³-hybridized carbons (Fsp3) is 0.667. The molecule has 0 saturated carbocycles. The molecule has 1 atom stereocenters. The average molecular weight is 212 g/mol. The molecule has 1 aromatic heterocycles. The number of thioether (sulfide) groups is 1. The van der Waals surface area contributed by atoms with E-state index < -0.39 is 0 Å². The number of ketones is 1. The monoisotopic (exact) mass is 212 g/mol. The summed E-state index contributed by atoms with van der Waals surface area (Å²) in [4.78, 5) is 14.9. The molecule has 0 amide bonds. The summed E-state index contributed by atoms with van der Waals surface area (Å²) in [5.74, 6) is 3.69. The van der Waals surface area contributed by atoms with Crippen molar-refractivity contribution in [3.8, 4) is 0 Å². The third-order valence-corrected chi connectivity index (χ3v) is 3.50. The molecule has 76 valence electrons. The third-order valence-electron chi connectivity index (χ3n) is 2.27. The Kier molecular flexibility index (Phi) is 2.86. The molecule has 2 rings (SSSR count). The van der Waals surface area contributed by atoms with Gasteiger partial charge in [0.25, 0.3) is 0 Å². The number of nitrogens with zero attached hydrogens (tertiary/aromatic N) is 2. The van der Waals surface area contributed by atoms with Crippen molar-refractivity contribution in [2.24, 2.45) is 5.92 Å². The second kappa shape index (κ2) is 4.13. The molecule has 5 heteroatoms. The van der Waals surface area contributed by atoms with E-state index in [1.165, 1.54) is 19.1 Å². The number of hydrogen-bond donors (Lipinski definition) is 0. The average Bonchev–Trinajstić information content (AvgIpc) is 2.75. The second-order valence-corrected chi connectivity index (χ2v) is 4.65. The first-order chi connectivity index (χ1) is 6.75. The van der Waals surface area contributed by atoms with Crippen LogP contribution >= 0.6 is 11.8 Å². The Labute approximate surface area is 86.4 Å². The van der Waals surface area contributed by atoms with Gasteiger partial charge >= 0.3 is 0 Å². The van der Waals surface area contributed by atoms with Gasteiger partial charge in [0.1, 0.15) is 0 Å². The van der Waals surface area contributed by atoms with Gasteiger partial charge in [-0.3, -0.25) is 4.79 Å². The van der Waals surface area contributed by atoms with Gasteiger partial charge in [0.05, 0.1) is 0 Å². The molecule has 4 nitrogen and oxygen atoms in total. The standard InChI is InChI=1S/C9H12N2O2S/c1-6(12)9-10-8(13-11-9)4-7-2-3-14-5-7/h7H,2-5H2,1H3. The maximum Gasteiger partial charge on any atom is 0.238 e. The first-order valence-corrected chi connectivity index (χ1v) is 5.82. The normalized spacial score (nSPS) is 21.4. The fourth-order valence-electron chi connectivity index (χ4n) is 1.47. The molecule has 0 aliphatic carbocycles. The SMILES string of the molecule is CC(=O)c1noc(CC2CCSC2)n1. The molecule has 1 aliphatic rings. The van der Waals surface area contributed by atoms with E-state index in [2.05, 4.69) is 10.1 Å². The van der Waals surface area contributed by atoms with Crippen LogP contribution in [-0.4, -0.2) is 27.4 Å². The highest BCUT2D eigenvalue weighted by atomic mass is 32.2. The van der Waals surface area contributed by atoms with E-state index >= 15 is 0 Å². The van der Waals surface area contributed by atoms with Gasteiger partial charge < -0.3 is 4.52 Å². The quantitative estimate of drug-likeness (QED) is 0.712. The van der Waals surface area contributed by atoms with E-state index in [1.807, 2.05) is 11.8 Å². The van der Waals surface area contributed by atoms with Gasteiger partial charge in [0.2, 0.25) is 17.5 Å². The zero-order valence-electron chi connectivity index (χ0n) is 8.02. The van der Waals surface area contributed by atoms with Crippen molar-refractivity contribution in [1.82, 2.24) is 10.1 Å². The number of hydrogen-bond acceptors (Lipinski definition) is 5. The zero-order valence-corrected chi connectivity index (χ0v) is 8.84. The molecule has 1 unspecified atom stereocenters. The lowest BCUT2D eigenvalue weighted by Crippen LogP contribution is -2.03. The van der Waals surface area contributed by atoms with Gasteiger partial charge in [-0.2, -0.15) is 16.7 Å². The Morgan fingerprint density at radius 3 is 3.14 bits per heavy atom. The molecule has 1 aliphatic heterocycles. The smallest absolute Gasteiger partial charge is 0.238 e. The summed E-state index contributed by atoms with van der Waals surface area (Å²) in [6, 6.07) is 0. The van der Waals surface area contributed by atoms with Crippen LogP contribution in [0.2, 0.25) is 0 Å². The molecule has 0 aromatic carbocycles. The number of aromatic nitrogens is 2. The van der Waals surface area contributed by atoms with E-state index in [4.69, 9.17) is 4.52 Å². The van der Waals surface area contributed by atoms with Gasteiger partial charge in [-0.25, -0.2) is 0 Å². The summed E-state index contributed by atoms with van der Waals surface area (Å²) < 4.78 is 5.00. The lowest BCUT2D eigenvalue weighted by atomic mass is 10.1. The molecule has 1 saturated heterocycles. The van der Waals surface area contributed by atoms with Crippen LogP contribution in [0.25, 0.3) is 0 Å². The lowest BCUT2D eigenvalue weighted by molar-refractivity contribution is 0.100.